The van der Waals surface area contributed by atoms with Crippen molar-refractivity contribution < 1.29 is 14.0 Å². The van der Waals surface area contributed by atoms with Crippen molar-refractivity contribution in [2.24, 2.45) is 0 Å². The number of amides is 2. The quantitative estimate of drug-likeness (QED) is 0.157. The fraction of sp³-hybridized carbons (Fsp3) is 0.279. The molecule has 2 saturated heterocycles. The number of benzene rings is 4. The number of nitrogens with one attached hydrogen (secondary N) is 2. The minimum atomic E-state index is -0.363. The van der Waals surface area contributed by atoms with Gasteiger partial charge in [0.25, 0.3) is 0 Å². The lowest BCUT2D eigenvalue weighted by molar-refractivity contribution is -0.137. The van der Waals surface area contributed by atoms with Gasteiger partial charge in [0, 0.05) is 24.2 Å². The van der Waals surface area contributed by atoms with Gasteiger partial charge in [-0.2, -0.15) is 0 Å². The SMILES string of the molecule is CN(C)C(C(=O)N1CCC[C@H]1c1nc2cc(-c3cnc(-c4ccc5[nH]c([C@@H]6CCCN6C(=O)Cc6ccccc6)nc5c4)o3)ccc2[nH]1)c1ccccc1. The van der Waals surface area contributed by atoms with E-state index >= 15 is 0 Å². The van der Waals surface area contributed by atoms with Gasteiger partial charge in [-0.25, -0.2) is 15.0 Å². The number of carbonyl (C=O) groups excluding carboxylic acids is 2. The lowest BCUT2D eigenvalue weighted by Crippen LogP contribution is -2.40. The molecule has 54 heavy (non-hydrogen) atoms. The molecule has 5 heterocycles. The Morgan fingerprint density at radius 2 is 1.37 bits per heavy atom. The highest BCUT2D eigenvalue weighted by molar-refractivity contribution is 5.85. The molecule has 4 aromatic carbocycles. The summed E-state index contributed by atoms with van der Waals surface area (Å²) in [6, 6.07) is 31.2. The number of H-pyrrole nitrogens is 2. The van der Waals surface area contributed by atoms with Crippen molar-refractivity contribution in [2.75, 3.05) is 27.2 Å². The summed E-state index contributed by atoms with van der Waals surface area (Å²) in [5, 5.41) is 0. The summed E-state index contributed by atoms with van der Waals surface area (Å²) >= 11 is 0. The molecule has 1 unspecified atom stereocenters. The van der Waals surface area contributed by atoms with E-state index in [2.05, 4.69) is 15.0 Å². The maximum absolute atomic E-state index is 14.0. The van der Waals surface area contributed by atoms with E-state index in [-0.39, 0.29) is 29.9 Å². The number of imidazole rings is 2. The highest BCUT2D eigenvalue weighted by Gasteiger charge is 2.37. The Kier molecular flexibility index (Phi) is 8.78. The Labute approximate surface area is 313 Å². The van der Waals surface area contributed by atoms with Crippen LogP contribution in [0.25, 0.3) is 44.8 Å². The first-order chi connectivity index (χ1) is 26.4. The first kappa shape index (κ1) is 33.7. The van der Waals surface area contributed by atoms with Crippen LogP contribution in [-0.4, -0.2) is 78.6 Å². The molecular formula is C43H42N8O3. The standard InChI is InChI=1S/C43H42N8O3/c1-49(2)39(28-13-7-4-8-14-28)43(53)51-22-10-16-36(51)41-46-31-19-17-29(24-33(31)47-41)37-26-44-42(54-37)30-18-20-32-34(25-30)48-40(45-32)35-15-9-21-50(35)38(52)23-27-11-5-3-6-12-27/h3-8,11-14,17-20,24-26,35-36,39H,9-10,15-16,21-23H2,1-2H3,(H,45,48)(H,46,47)/t35-,36-,39?/m0/s1. The zero-order chi connectivity index (χ0) is 36.8. The molecule has 11 heteroatoms. The van der Waals surface area contributed by atoms with Gasteiger partial charge in [0.1, 0.15) is 17.7 Å². The van der Waals surface area contributed by atoms with Crippen LogP contribution in [0.15, 0.2) is 108 Å². The zero-order valence-electron chi connectivity index (χ0n) is 30.4. The molecule has 9 rings (SSSR count). The second kappa shape index (κ2) is 14.1. The normalized spacial score (nSPS) is 18.0. The minimum absolute atomic E-state index is 0.0793. The highest BCUT2D eigenvalue weighted by Crippen LogP contribution is 2.37. The third-order valence-corrected chi connectivity index (χ3v) is 10.8. The van der Waals surface area contributed by atoms with Gasteiger partial charge in [-0.3, -0.25) is 14.5 Å². The number of fused-ring (bicyclic) bond motifs is 2. The fourth-order valence-corrected chi connectivity index (χ4v) is 8.18. The van der Waals surface area contributed by atoms with Gasteiger partial charge >= 0.3 is 0 Å². The highest BCUT2D eigenvalue weighted by atomic mass is 16.4. The number of oxazole rings is 1. The van der Waals surface area contributed by atoms with E-state index in [9.17, 15) is 9.59 Å². The molecule has 0 aliphatic carbocycles. The monoisotopic (exact) mass is 718 g/mol. The molecule has 0 spiro atoms. The van der Waals surface area contributed by atoms with Crippen LogP contribution in [0.1, 0.15) is 66.6 Å². The summed E-state index contributed by atoms with van der Waals surface area (Å²) in [7, 11) is 3.90. The van der Waals surface area contributed by atoms with Crippen molar-refractivity contribution in [1.29, 1.82) is 0 Å². The molecule has 7 aromatic rings. The summed E-state index contributed by atoms with van der Waals surface area (Å²) in [5.41, 5.74) is 7.09. The van der Waals surface area contributed by atoms with Crippen molar-refractivity contribution in [1.82, 2.24) is 39.6 Å². The summed E-state index contributed by atoms with van der Waals surface area (Å²) < 4.78 is 6.31. The summed E-state index contributed by atoms with van der Waals surface area (Å²) in [4.78, 5) is 54.7. The smallest absolute Gasteiger partial charge is 0.245 e. The molecule has 11 nitrogen and oxygen atoms in total. The average Bonchev–Trinajstić information content (AvgIpc) is 4.03. The van der Waals surface area contributed by atoms with Gasteiger partial charge in [0.05, 0.1) is 46.8 Å². The topological polar surface area (TPSA) is 127 Å². The van der Waals surface area contributed by atoms with Crippen LogP contribution in [0.4, 0.5) is 0 Å². The van der Waals surface area contributed by atoms with Gasteiger partial charge in [-0.1, -0.05) is 60.7 Å². The number of nitrogens with zero attached hydrogens (tertiary/aromatic N) is 6. The van der Waals surface area contributed by atoms with Crippen molar-refractivity contribution >= 4 is 33.9 Å². The Morgan fingerprint density at radius 1 is 0.778 bits per heavy atom. The molecular weight excluding hydrogens is 677 g/mol. The molecule has 2 N–H and O–H groups in total. The van der Waals surface area contributed by atoms with E-state index in [1.165, 1.54) is 0 Å². The van der Waals surface area contributed by atoms with Crippen molar-refractivity contribution in [3.05, 3.63) is 126 Å². The number of rotatable bonds is 9. The second-order valence-electron chi connectivity index (χ2n) is 14.6. The third kappa shape index (κ3) is 6.34. The van der Waals surface area contributed by atoms with Gasteiger partial charge in [-0.15, -0.1) is 0 Å². The third-order valence-electron chi connectivity index (χ3n) is 10.8. The molecule has 0 radical (unpaired) electrons. The van der Waals surface area contributed by atoms with Gasteiger partial charge in [0.2, 0.25) is 17.7 Å². The maximum Gasteiger partial charge on any atom is 0.245 e. The van der Waals surface area contributed by atoms with Crippen LogP contribution in [-0.2, 0) is 16.0 Å². The van der Waals surface area contributed by atoms with E-state index < -0.39 is 0 Å². The first-order valence-electron chi connectivity index (χ1n) is 18.7. The van der Waals surface area contributed by atoms with Crippen molar-refractivity contribution in [3.63, 3.8) is 0 Å². The van der Waals surface area contributed by atoms with Crippen LogP contribution in [0.5, 0.6) is 0 Å². The Balaban J connectivity index is 0.924. The predicted octanol–water partition coefficient (Wildman–Crippen LogP) is 7.63. The van der Waals surface area contributed by atoms with Gasteiger partial charge < -0.3 is 24.2 Å². The van der Waals surface area contributed by atoms with Crippen molar-refractivity contribution in [3.8, 4) is 22.8 Å². The van der Waals surface area contributed by atoms with Crippen LogP contribution in [0.2, 0.25) is 0 Å². The lowest BCUT2D eigenvalue weighted by atomic mass is 10.0. The Morgan fingerprint density at radius 3 is 2.04 bits per heavy atom. The average molecular weight is 719 g/mol. The van der Waals surface area contributed by atoms with E-state index in [0.717, 1.165) is 88.2 Å². The molecule has 272 valence electrons. The van der Waals surface area contributed by atoms with Crippen LogP contribution < -0.4 is 0 Å². The van der Waals surface area contributed by atoms with Crippen LogP contribution in [0, 0.1) is 0 Å². The number of aromatic amines is 2. The zero-order valence-corrected chi connectivity index (χ0v) is 30.4. The molecule has 2 fully saturated rings. The summed E-state index contributed by atoms with van der Waals surface area (Å²) in [6.45, 7) is 1.43. The first-order valence-corrected chi connectivity index (χ1v) is 18.7. The van der Waals surface area contributed by atoms with Gasteiger partial charge in [0.15, 0.2) is 5.76 Å². The molecule has 0 bridgehead atoms. The van der Waals surface area contributed by atoms with Gasteiger partial charge in [-0.05, 0) is 87.3 Å². The summed E-state index contributed by atoms with van der Waals surface area (Å²) in [6.07, 6.45) is 5.72. The molecule has 2 aliphatic rings. The number of likely N-dealkylation sites (N-methyl/N-ethyl adjacent to an activating group) is 1. The van der Waals surface area contributed by atoms with E-state index in [1.54, 1.807) is 6.20 Å². The second-order valence-corrected chi connectivity index (χ2v) is 14.6. The van der Waals surface area contributed by atoms with E-state index in [4.69, 9.17) is 14.4 Å². The van der Waals surface area contributed by atoms with Crippen molar-refractivity contribution in [2.45, 2.75) is 50.2 Å². The lowest BCUT2D eigenvalue weighted by Gasteiger charge is -2.31. The molecule has 0 saturated carbocycles. The fourth-order valence-electron chi connectivity index (χ4n) is 8.18. The number of likely N-dealkylation sites (tertiary alicyclic amines) is 2. The maximum atomic E-state index is 14.0. The van der Waals surface area contributed by atoms with Crippen LogP contribution >= 0.6 is 0 Å². The van der Waals surface area contributed by atoms with E-state index in [1.807, 2.05) is 126 Å². The van der Waals surface area contributed by atoms with Crippen LogP contribution in [0.3, 0.4) is 0 Å². The number of carbonyl (C=O) groups is 2. The molecule has 2 amide bonds. The number of hydrogen-bond acceptors (Lipinski definition) is 7. The number of aromatic nitrogens is 5. The Hall–Kier alpha value is -6.07. The minimum Gasteiger partial charge on any atom is -0.436 e. The molecule has 3 aromatic heterocycles. The Bertz CT molecular complexity index is 2450. The molecule has 2 aliphatic heterocycles. The summed E-state index contributed by atoms with van der Waals surface area (Å²) in [5.74, 6) is 2.93. The van der Waals surface area contributed by atoms with E-state index in [0.29, 0.717) is 24.6 Å². The predicted molar refractivity (Wildman–Crippen MR) is 207 cm³/mol. The largest absolute Gasteiger partial charge is 0.436 e. The number of hydrogen-bond donors (Lipinski definition) is 2. The molecule has 3 atom stereocenters.